The molecular formula is C34H18N2O2Pt. The summed E-state index contributed by atoms with van der Waals surface area (Å²) in [6, 6.07) is 39.2. The second-order valence-electron chi connectivity index (χ2n) is 9.27. The molecule has 0 spiro atoms. The van der Waals surface area contributed by atoms with Gasteiger partial charge in [-0.05, 0) is 50.3 Å². The van der Waals surface area contributed by atoms with Crippen LogP contribution < -0.4 is 4.74 Å². The maximum absolute atomic E-state index is 6.54. The zero-order valence-electron chi connectivity index (χ0n) is 20.4. The predicted molar refractivity (Wildman–Crippen MR) is 151 cm³/mol. The van der Waals surface area contributed by atoms with Crippen LogP contribution in [0.5, 0.6) is 11.5 Å². The molecule has 0 saturated carbocycles. The van der Waals surface area contributed by atoms with E-state index in [0.29, 0.717) is 11.5 Å². The Labute approximate surface area is 238 Å². The van der Waals surface area contributed by atoms with Gasteiger partial charge in [0.2, 0.25) is 0 Å². The minimum absolute atomic E-state index is 0. The molecule has 0 radical (unpaired) electrons. The molecule has 186 valence electrons. The number of nitrogens with zero attached hydrogens (tertiary/aromatic N) is 2. The predicted octanol–water partition coefficient (Wildman–Crippen LogP) is 8.89. The molecule has 0 amide bonds. The summed E-state index contributed by atoms with van der Waals surface area (Å²) in [6.45, 7) is 0. The first-order valence-corrected chi connectivity index (χ1v) is 12.4. The molecule has 0 aliphatic carbocycles. The first-order chi connectivity index (χ1) is 18.8. The van der Waals surface area contributed by atoms with E-state index in [1.165, 1.54) is 0 Å². The van der Waals surface area contributed by atoms with E-state index < -0.39 is 0 Å². The van der Waals surface area contributed by atoms with Gasteiger partial charge in [0, 0.05) is 18.1 Å². The van der Waals surface area contributed by atoms with Crippen molar-refractivity contribution >= 4 is 54.4 Å². The molecule has 3 aromatic heterocycles. The largest absolute Gasteiger partial charge is 2.00 e. The molecule has 8 aromatic rings. The van der Waals surface area contributed by atoms with Gasteiger partial charge in [0.25, 0.3) is 0 Å². The van der Waals surface area contributed by atoms with Gasteiger partial charge in [-0.3, -0.25) is 0 Å². The average Bonchev–Trinajstić information content (AvgIpc) is 3.37. The van der Waals surface area contributed by atoms with E-state index >= 15 is 0 Å². The van der Waals surface area contributed by atoms with Gasteiger partial charge >= 0.3 is 21.1 Å². The van der Waals surface area contributed by atoms with Crippen LogP contribution in [-0.2, 0) is 21.1 Å². The second kappa shape index (κ2) is 9.34. The van der Waals surface area contributed by atoms with Crippen LogP contribution in [0.4, 0.5) is 0 Å². The summed E-state index contributed by atoms with van der Waals surface area (Å²) in [5, 5.41) is 6.93. The number of para-hydroxylation sites is 1. The number of furan rings is 1. The molecule has 0 aliphatic heterocycles. The maximum atomic E-state index is 6.54. The average molecular weight is 682 g/mol. The van der Waals surface area contributed by atoms with E-state index in [9.17, 15) is 0 Å². The molecule has 0 aliphatic rings. The Morgan fingerprint density at radius 3 is 2.49 bits per heavy atom. The SMILES string of the molecule is [Pt+2].[c-]1c(Oc2[c-]c3c(ccc4cccnc43)c3oc4ccccc4c23)cccc1-c1cc2ccccc2cn1. The van der Waals surface area contributed by atoms with Gasteiger partial charge in [0.15, 0.2) is 0 Å². The van der Waals surface area contributed by atoms with Crippen LogP contribution in [0.2, 0.25) is 0 Å². The topological polar surface area (TPSA) is 48.2 Å². The van der Waals surface area contributed by atoms with Crippen LogP contribution in [0.1, 0.15) is 0 Å². The summed E-state index contributed by atoms with van der Waals surface area (Å²) in [5.41, 5.74) is 4.11. The van der Waals surface area contributed by atoms with E-state index in [4.69, 9.17) is 9.15 Å². The van der Waals surface area contributed by atoms with Crippen LogP contribution in [0, 0.1) is 12.1 Å². The third-order valence-electron chi connectivity index (χ3n) is 6.97. The summed E-state index contributed by atoms with van der Waals surface area (Å²) >= 11 is 0. The molecule has 4 nitrogen and oxygen atoms in total. The van der Waals surface area contributed by atoms with Crippen molar-refractivity contribution in [2.24, 2.45) is 0 Å². The fraction of sp³-hybridized carbons (Fsp3) is 0. The van der Waals surface area contributed by atoms with Crippen LogP contribution in [0.3, 0.4) is 0 Å². The van der Waals surface area contributed by atoms with Crippen LogP contribution in [0.25, 0.3) is 65.6 Å². The van der Waals surface area contributed by atoms with Gasteiger partial charge in [-0.15, -0.1) is 29.1 Å². The molecule has 39 heavy (non-hydrogen) atoms. The van der Waals surface area contributed by atoms with Crippen molar-refractivity contribution in [1.29, 1.82) is 0 Å². The Kier molecular flexibility index (Phi) is 5.64. The zero-order chi connectivity index (χ0) is 25.1. The van der Waals surface area contributed by atoms with Crippen molar-refractivity contribution in [3.63, 3.8) is 0 Å². The summed E-state index contributed by atoms with van der Waals surface area (Å²) in [4.78, 5) is 9.32. The van der Waals surface area contributed by atoms with Gasteiger partial charge in [-0.25, -0.2) is 0 Å². The van der Waals surface area contributed by atoms with Crippen molar-refractivity contribution < 1.29 is 30.2 Å². The van der Waals surface area contributed by atoms with Gasteiger partial charge < -0.3 is 19.1 Å². The van der Waals surface area contributed by atoms with Crippen LogP contribution >= 0.6 is 0 Å². The molecule has 0 atom stereocenters. The van der Waals surface area contributed by atoms with Crippen LogP contribution in [0.15, 0.2) is 114 Å². The third kappa shape index (κ3) is 3.88. The van der Waals surface area contributed by atoms with Crippen LogP contribution in [-0.4, -0.2) is 9.97 Å². The van der Waals surface area contributed by atoms with E-state index in [0.717, 1.165) is 65.6 Å². The minimum Gasteiger partial charge on any atom is -0.496 e. The number of fused-ring (bicyclic) bond motifs is 8. The van der Waals surface area contributed by atoms with Gasteiger partial charge in [-0.1, -0.05) is 84.2 Å². The second-order valence-corrected chi connectivity index (χ2v) is 9.27. The minimum atomic E-state index is 0. The molecule has 0 bridgehead atoms. The molecule has 0 fully saturated rings. The standard InChI is InChI=1S/C34H18N2O2.Pt/c1-2-8-24-20-36-29(18-22(24)7-1)23-9-5-11-25(17-23)37-31-19-28-26(15-14-21-10-6-16-35-33(21)28)34-32(31)27-12-3-4-13-30(27)38-34;/h1-16,18,20H;/q-2;+2. The number of benzene rings is 5. The normalized spacial score (nSPS) is 11.4. The summed E-state index contributed by atoms with van der Waals surface area (Å²) < 4.78 is 12.9. The molecule has 5 heteroatoms. The fourth-order valence-electron chi connectivity index (χ4n) is 5.17. The van der Waals surface area contributed by atoms with Gasteiger partial charge in [0.1, 0.15) is 5.58 Å². The van der Waals surface area contributed by atoms with E-state index in [2.05, 4.69) is 52.4 Å². The molecule has 3 heterocycles. The summed E-state index contributed by atoms with van der Waals surface area (Å²) in [6.07, 6.45) is 3.69. The van der Waals surface area contributed by atoms with Crippen molar-refractivity contribution in [3.8, 4) is 22.8 Å². The zero-order valence-corrected chi connectivity index (χ0v) is 22.7. The first-order valence-electron chi connectivity index (χ1n) is 12.4. The molecule has 0 saturated heterocycles. The molecule has 8 rings (SSSR count). The number of pyridine rings is 2. The Morgan fingerprint density at radius 2 is 1.54 bits per heavy atom. The van der Waals surface area contributed by atoms with Gasteiger partial charge in [-0.2, -0.15) is 0 Å². The van der Waals surface area contributed by atoms with Crippen molar-refractivity contribution in [1.82, 2.24) is 9.97 Å². The van der Waals surface area contributed by atoms with Crippen molar-refractivity contribution in [2.45, 2.75) is 0 Å². The monoisotopic (exact) mass is 681 g/mol. The third-order valence-corrected chi connectivity index (χ3v) is 6.97. The number of hydrogen-bond acceptors (Lipinski definition) is 4. The van der Waals surface area contributed by atoms with Crippen molar-refractivity contribution in [3.05, 3.63) is 122 Å². The van der Waals surface area contributed by atoms with Gasteiger partial charge in [0.05, 0.1) is 11.3 Å². The summed E-state index contributed by atoms with van der Waals surface area (Å²) in [7, 11) is 0. The van der Waals surface area contributed by atoms with E-state index in [-0.39, 0.29) is 21.1 Å². The molecule has 0 N–H and O–H groups in total. The molecular weight excluding hydrogens is 663 g/mol. The van der Waals surface area contributed by atoms with E-state index in [1.807, 2.05) is 72.9 Å². The maximum Gasteiger partial charge on any atom is 2.00 e. The quantitative estimate of drug-likeness (QED) is 0.138. The number of ether oxygens (including phenoxy) is 1. The molecule has 5 aromatic carbocycles. The Bertz CT molecular complexity index is 2180. The smallest absolute Gasteiger partial charge is 0.496 e. The number of rotatable bonds is 3. The summed E-state index contributed by atoms with van der Waals surface area (Å²) in [5.74, 6) is 1.16. The van der Waals surface area contributed by atoms with Crippen molar-refractivity contribution in [2.75, 3.05) is 0 Å². The molecule has 0 unspecified atom stereocenters. The Balaban J connectivity index is 0.00000253. The Hall–Kier alpha value is -4.53. The Morgan fingerprint density at radius 1 is 0.692 bits per heavy atom. The van der Waals surface area contributed by atoms with E-state index in [1.54, 1.807) is 6.20 Å². The number of aromatic nitrogens is 2. The fourth-order valence-corrected chi connectivity index (χ4v) is 5.17. The first kappa shape index (κ1) is 23.6. The number of hydrogen-bond donors (Lipinski definition) is 0.